The Morgan fingerprint density at radius 2 is 2.44 bits per heavy atom. The maximum atomic E-state index is 10.3. The second-order valence-corrected chi connectivity index (χ2v) is 1.92. The molecule has 4 heteroatoms. The van der Waals surface area contributed by atoms with Gasteiger partial charge in [0, 0.05) is 5.92 Å². The highest BCUT2D eigenvalue weighted by atomic mass is 35.5. The van der Waals surface area contributed by atoms with Gasteiger partial charge in [0.1, 0.15) is 18.2 Å². The Bertz CT molecular complexity index is 113. The molecule has 0 saturated carbocycles. The maximum absolute atomic E-state index is 10.3. The van der Waals surface area contributed by atoms with E-state index in [4.69, 9.17) is 0 Å². The van der Waals surface area contributed by atoms with Crippen LogP contribution in [0.2, 0.25) is 0 Å². The molecule has 1 atom stereocenters. The highest BCUT2D eigenvalue weighted by molar-refractivity contribution is 6.13. The molecular formula is C5H7ClO3. The molecule has 52 valence electrons. The van der Waals surface area contributed by atoms with Crippen LogP contribution in [0.1, 0.15) is 13.3 Å². The van der Waals surface area contributed by atoms with Crippen LogP contribution in [0.5, 0.6) is 0 Å². The molecule has 0 heterocycles. The number of rotatable bonds is 3. The van der Waals surface area contributed by atoms with E-state index in [-0.39, 0.29) is 12.3 Å². The third kappa shape index (κ3) is 3.97. The second kappa shape index (κ2) is 4.32. The molecule has 1 unspecified atom stereocenters. The molecule has 0 fully saturated rings. The van der Waals surface area contributed by atoms with Crippen LogP contribution in [0.3, 0.4) is 0 Å². The van der Waals surface area contributed by atoms with Crippen molar-refractivity contribution >= 4 is 24.1 Å². The Hall–Kier alpha value is -0.570. The topological polar surface area (TPSA) is 43.4 Å². The number of hydrogen-bond acceptors (Lipinski definition) is 3. The quantitative estimate of drug-likeness (QED) is 0.562. The summed E-state index contributed by atoms with van der Waals surface area (Å²) in [5.74, 6) is -0.882. The lowest BCUT2D eigenvalue weighted by Gasteiger charge is -1.96. The zero-order valence-corrected chi connectivity index (χ0v) is 5.72. The Morgan fingerprint density at radius 1 is 1.89 bits per heavy atom. The largest absolute Gasteiger partial charge is 0.348 e. The monoisotopic (exact) mass is 150 g/mol. The van der Waals surface area contributed by atoms with Crippen LogP contribution in [0.4, 0.5) is 0 Å². The van der Waals surface area contributed by atoms with E-state index in [2.05, 4.69) is 16.2 Å². The predicted octanol–water partition coefficient (Wildman–Crippen LogP) is 0.908. The van der Waals surface area contributed by atoms with Gasteiger partial charge in [0.05, 0.1) is 6.42 Å². The standard InChI is InChI=1S/C5H7ClO3/c1-4(3-7)2-5(8)9-6/h3-4H,2H2,1H3. The van der Waals surface area contributed by atoms with Crippen LogP contribution in [0, 0.1) is 5.92 Å². The molecule has 0 amide bonds. The zero-order chi connectivity index (χ0) is 7.28. The molecule has 9 heavy (non-hydrogen) atoms. The normalized spacial score (nSPS) is 12.2. The molecule has 0 aliphatic heterocycles. The first-order valence-electron chi connectivity index (χ1n) is 2.47. The number of carbonyl (C=O) groups excluding carboxylic acids is 2. The summed E-state index contributed by atoms with van der Waals surface area (Å²) in [5, 5.41) is 0. The van der Waals surface area contributed by atoms with Gasteiger partial charge in [-0.05, 0) is 0 Å². The Morgan fingerprint density at radius 3 is 2.78 bits per heavy atom. The summed E-state index contributed by atoms with van der Waals surface area (Å²) in [4.78, 5) is 20.2. The fraction of sp³-hybridized carbons (Fsp3) is 0.600. The van der Waals surface area contributed by atoms with E-state index in [1.54, 1.807) is 6.92 Å². The lowest BCUT2D eigenvalue weighted by Crippen LogP contribution is -2.05. The molecule has 0 aromatic rings. The van der Waals surface area contributed by atoms with Crippen molar-refractivity contribution in [2.75, 3.05) is 0 Å². The maximum Gasteiger partial charge on any atom is 0.325 e. The van der Waals surface area contributed by atoms with Gasteiger partial charge < -0.3 is 9.08 Å². The van der Waals surface area contributed by atoms with Crippen LogP contribution in [-0.2, 0) is 13.9 Å². The van der Waals surface area contributed by atoms with Crippen LogP contribution < -0.4 is 0 Å². The lowest BCUT2D eigenvalue weighted by atomic mass is 10.1. The van der Waals surface area contributed by atoms with Gasteiger partial charge in [-0.25, -0.2) is 0 Å². The molecule has 0 aromatic heterocycles. The smallest absolute Gasteiger partial charge is 0.325 e. The number of halogens is 1. The summed E-state index contributed by atoms with van der Waals surface area (Å²) in [6.45, 7) is 1.61. The number of aldehydes is 1. The summed E-state index contributed by atoms with van der Waals surface area (Å²) >= 11 is 4.69. The summed E-state index contributed by atoms with van der Waals surface area (Å²) in [6.07, 6.45) is 0.723. The van der Waals surface area contributed by atoms with Crippen LogP contribution in [0.15, 0.2) is 0 Å². The van der Waals surface area contributed by atoms with E-state index >= 15 is 0 Å². The molecule has 0 aromatic carbocycles. The van der Waals surface area contributed by atoms with Gasteiger partial charge in [-0.1, -0.05) is 6.92 Å². The van der Waals surface area contributed by atoms with Gasteiger partial charge in [0.2, 0.25) is 0 Å². The fourth-order valence-corrected chi connectivity index (χ4v) is 0.405. The zero-order valence-electron chi connectivity index (χ0n) is 4.96. The Balaban J connectivity index is 3.46. The number of carbonyl (C=O) groups is 2. The molecule has 0 radical (unpaired) electrons. The van der Waals surface area contributed by atoms with Gasteiger partial charge in [0.15, 0.2) is 0 Å². The van der Waals surface area contributed by atoms with Crippen molar-refractivity contribution in [3.63, 3.8) is 0 Å². The molecule has 0 bridgehead atoms. The van der Waals surface area contributed by atoms with E-state index in [1.807, 2.05) is 0 Å². The Labute approximate surface area is 58.1 Å². The van der Waals surface area contributed by atoms with Crippen molar-refractivity contribution < 1.29 is 13.9 Å². The summed E-state index contributed by atoms with van der Waals surface area (Å²) in [6, 6.07) is 0. The summed E-state index contributed by atoms with van der Waals surface area (Å²) in [5.41, 5.74) is 0. The average molecular weight is 151 g/mol. The van der Waals surface area contributed by atoms with E-state index in [0.29, 0.717) is 6.29 Å². The van der Waals surface area contributed by atoms with E-state index in [1.165, 1.54) is 0 Å². The van der Waals surface area contributed by atoms with Gasteiger partial charge in [0.25, 0.3) is 0 Å². The average Bonchev–Trinajstić information content (AvgIpc) is 1.87. The van der Waals surface area contributed by atoms with Crippen molar-refractivity contribution in [1.82, 2.24) is 0 Å². The molecule has 0 aliphatic rings. The summed E-state index contributed by atoms with van der Waals surface area (Å²) in [7, 11) is 0. The summed E-state index contributed by atoms with van der Waals surface area (Å²) < 4.78 is 3.80. The highest BCUT2D eigenvalue weighted by Gasteiger charge is 2.07. The minimum atomic E-state index is -0.573. The van der Waals surface area contributed by atoms with Gasteiger partial charge in [-0.15, -0.1) is 0 Å². The third-order valence-electron chi connectivity index (χ3n) is 0.807. The molecular weight excluding hydrogens is 144 g/mol. The van der Waals surface area contributed by atoms with Gasteiger partial charge in [-0.3, -0.25) is 4.79 Å². The first kappa shape index (κ1) is 8.43. The van der Waals surface area contributed by atoms with Crippen molar-refractivity contribution in [3.8, 4) is 0 Å². The molecule has 0 N–H and O–H groups in total. The first-order chi connectivity index (χ1) is 4.20. The molecule has 3 nitrogen and oxygen atoms in total. The third-order valence-corrected chi connectivity index (χ3v) is 0.979. The molecule has 0 spiro atoms. The fourth-order valence-electron chi connectivity index (χ4n) is 0.343. The van der Waals surface area contributed by atoms with Gasteiger partial charge in [-0.2, -0.15) is 0 Å². The first-order valence-corrected chi connectivity index (χ1v) is 2.78. The van der Waals surface area contributed by atoms with Crippen molar-refractivity contribution in [2.24, 2.45) is 5.92 Å². The van der Waals surface area contributed by atoms with Crippen LogP contribution in [0.25, 0.3) is 0 Å². The van der Waals surface area contributed by atoms with Crippen molar-refractivity contribution in [1.29, 1.82) is 0 Å². The van der Waals surface area contributed by atoms with Crippen LogP contribution in [-0.4, -0.2) is 12.3 Å². The lowest BCUT2D eigenvalue weighted by molar-refractivity contribution is -0.136. The van der Waals surface area contributed by atoms with E-state index < -0.39 is 5.97 Å². The molecule has 0 rings (SSSR count). The SMILES string of the molecule is CC(C=O)CC(=O)OCl. The van der Waals surface area contributed by atoms with Gasteiger partial charge >= 0.3 is 5.97 Å². The predicted molar refractivity (Wildman–Crippen MR) is 31.8 cm³/mol. The molecule has 0 saturated heterocycles. The Kier molecular flexibility index (Phi) is 4.05. The van der Waals surface area contributed by atoms with E-state index in [0.717, 1.165) is 0 Å². The second-order valence-electron chi connectivity index (χ2n) is 1.77. The minimum absolute atomic E-state index is 0.0486. The highest BCUT2D eigenvalue weighted by Crippen LogP contribution is 1.99. The van der Waals surface area contributed by atoms with Crippen molar-refractivity contribution in [2.45, 2.75) is 13.3 Å². The number of hydrogen-bond donors (Lipinski definition) is 0. The molecule has 0 aliphatic carbocycles. The van der Waals surface area contributed by atoms with E-state index in [9.17, 15) is 9.59 Å². The van der Waals surface area contributed by atoms with Crippen molar-refractivity contribution in [3.05, 3.63) is 0 Å². The van der Waals surface area contributed by atoms with Crippen LogP contribution >= 0.6 is 11.9 Å². The minimum Gasteiger partial charge on any atom is -0.348 e.